The molecule has 2 atom stereocenters. The molecule has 2 unspecified atom stereocenters. The van der Waals surface area contributed by atoms with Crippen LogP contribution in [-0.2, 0) is 0 Å². The lowest BCUT2D eigenvalue weighted by molar-refractivity contribution is 0.00739. The summed E-state index contributed by atoms with van der Waals surface area (Å²) in [5.74, 6) is 0. The summed E-state index contributed by atoms with van der Waals surface area (Å²) in [5.41, 5.74) is 0. The first kappa shape index (κ1) is 13.9. The van der Waals surface area contributed by atoms with Crippen molar-refractivity contribution < 1.29 is 10.2 Å². The highest BCUT2D eigenvalue weighted by atomic mass is 16.3. The first-order chi connectivity index (χ1) is 6.72. The SMILES string of the molecule is CCCCCCC(O)C(O)CCCC. The van der Waals surface area contributed by atoms with E-state index in [1.807, 2.05) is 0 Å². The van der Waals surface area contributed by atoms with Crippen molar-refractivity contribution in [3.05, 3.63) is 0 Å². The zero-order chi connectivity index (χ0) is 10.8. The lowest BCUT2D eigenvalue weighted by atomic mass is 10.0. The van der Waals surface area contributed by atoms with E-state index in [4.69, 9.17) is 0 Å². The van der Waals surface area contributed by atoms with E-state index in [1.54, 1.807) is 0 Å². The van der Waals surface area contributed by atoms with Crippen molar-refractivity contribution in [3.63, 3.8) is 0 Å². The molecule has 14 heavy (non-hydrogen) atoms. The van der Waals surface area contributed by atoms with E-state index >= 15 is 0 Å². The molecule has 86 valence electrons. The molecule has 0 saturated heterocycles. The second kappa shape index (κ2) is 9.47. The van der Waals surface area contributed by atoms with Crippen molar-refractivity contribution in [2.24, 2.45) is 0 Å². The van der Waals surface area contributed by atoms with Crippen LogP contribution in [0, 0.1) is 0 Å². The minimum Gasteiger partial charge on any atom is -0.390 e. The maximum absolute atomic E-state index is 9.59. The molecule has 0 aliphatic carbocycles. The van der Waals surface area contributed by atoms with Crippen molar-refractivity contribution in [3.8, 4) is 0 Å². The van der Waals surface area contributed by atoms with E-state index < -0.39 is 12.2 Å². The van der Waals surface area contributed by atoms with Gasteiger partial charge in [0.2, 0.25) is 0 Å². The van der Waals surface area contributed by atoms with Crippen LogP contribution in [-0.4, -0.2) is 22.4 Å². The van der Waals surface area contributed by atoms with Crippen molar-refractivity contribution in [2.45, 2.75) is 77.4 Å². The van der Waals surface area contributed by atoms with Crippen molar-refractivity contribution in [2.75, 3.05) is 0 Å². The Morgan fingerprint density at radius 3 is 1.71 bits per heavy atom. The number of aliphatic hydroxyl groups excluding tert-OH is 2. The Labute approximate surface area is 88.3 Å². The van der Waals surface area contributed by atoms with Gasteiger partial charge in [-0.25, -0.2) is 0 Å². The average Bonchev–Trinajstić information content (AvgIpc) is 2.20. The Hall–Kier alpha value is -0.0800. The summed E-state index contributed by atoms with van der Waals surface area (Å²) in [6.07, 6.45) is 7.25. The maximum atomic E-state index is 9.59. The molecule has 0 amide bonds. The topological polar surface area (TPSA) is 40.5 Å². The Bertz CT molecular complexity index is 115. The van der Waals surface area contributed by atoms with E-state index in [-0.39, 0.29) is 0 Å². The van der Waals surface area contributed by atoms with Crippen LogP contribution in [0.25, 0.3) is 0 Å². The predicted octanol–water partition coefficient (Wildman–Crippen LogP) is 2.87. The summed E-state index contributed by atoms with van der Waals surface area (Å²) in [7, 11) is 0. The molecule has 0 aromatic rings. The van der Waals surface area contributed by atoms with Gasteiger partial charge in [0.15, 0.2) is 0 Å². The van der Waals surface area contributed by atoms with Crippen LogP contribution in [0.5, 0.6) is 0 Å². The van der Waals surface area contributed by atoms with E-state index in [0.717, 1.165) is 32.1 Å². The minimum absolute atomic E-state index is 0.501. The first-order valence-electron chi connectivity index (χ1n) is 6.08. The fraction of sp³-hybridized carbons (Fsp3) is 1.00. The quantitative estimate of drug-likeness (QED) is 0.564. The van der Waals surface area contributed by atoms with Crippen LogP contribution in [0.1, 0.15) is 65.2 Å². The molecule has 0 aliphatic heterocycles. The lowest BCUT2D eigenvalue weighted by Gasteiger charge is -2.17. The molecular formula is C12H26O2. The number of hydrogen-bond donors (Lipinski definition) is 2. The first-order valence-corrected chi connectivity index (χ1v) is 6.08. The molecule has 0 spiro atoms. The van der Waals surface area contributed by atoms with Crippen LogP contribution < -0.4 is 0 Å². The summed E-state index contributed by atoms with van der Waals surface area (Å²) in [5, 5.41) is 19.1. The highest BCUT2D eigenvalue weighted by Crippen LogP contribution is 2.12. The maximum Gasteiger partial charge on any atom is 0.0799 e. The van der Waals surface area contributed by atoms with E-state index in [9.17, 15) is 10.2 Å². The van der Waals surface area contributed by atoms with Gasteiger partial charge in [-0.1, -0.05) is 52.4 Å². The van der Waals surface area contributed by atoms with Crippen molar-refractivity contribution in [1.29, 1.82) is 0 Å². The predicted molar refractivity (Wildman–Crippen MR) is 60.3 cm³/mol. The molecule has 0 radical (unpaired) electrons. The number of unbranched alkanes of at least 4 members (excludes halogenated alkanes) is 4. The van der Waals surface area contributed by atoms with Gasteiger partial charge in [-0.05, 0) is 12.8 Å². The molecule has 0 bridgehead atoms. The van der Waals surface area contributed by atoms with Crippen LogP contribution >= 0.6 is 0 Å². The summed E-state index contributed by atoms with van der Waals surface area (Å²) in [6, 6.07) is 0. The number of rotatable bonds is 9. The van der Waals surface area contributed by atoms with Gasteiger partial charge in [-0.3, -0.25) is 0 Å². The van der Waals surface area contributed by atoms with Gasteiger partial charge < -0.3 is 10.2 Å². The molecule has 0 saturated carbocycles. The standard InChI is InChI=1S/C12H26O2/c1-3-5-7-8-10-12(14)11(13)9-6-4-2/h11-14H,3-10H2,1-2H3. The second-order valence-electron chi connectivity index (χ2n) is 4.13. The van der Waals surface area contributed by atoms with Gasteiger partial charge in [0.1, 0.15) is 0 Å². The lowest BCUT2D eigenvalue weighted by Crippen LogP contribution is -2.25. The Kier molecular flexibility index (Phi) is 9.42. The molecular weight excluding hydrogens is 176 g/mol. The molecule has 0 fully saturated rings. The van der Waals surface area contributed by atoms with E-state index in [0.29, 0.717) is 0 Å². The second-order valence-corrected chi connectivity index (χ2v) is 4.13. The Balaban J connectivity index is 3.36. The minimum atomic E-state index is -0.503. The van der Waals surface area contributed by atoms with Gasteiger partial charge in [0.25, 0.3) is 0 Å². The molecule has 2 N–H and O–H groups in total. The largest absolute Gasteiger partial charge is 0.390 e. The highest BCUT2D eigenvalue weighted by molar-refractivity contribution is 4.66. The summed E-state index contributed by atoms with van der Waals surface area (Å²) >= 11 is 0. The Morgan fingerprint density at radius 2 is 1.21 bits per heavy atom. The molecule has 0 aromatic carbocycles. The zero-order valence-corrected chi connectivity index (χ0v) is 9.71. The third-order valence-corrected chi connectivity index (χ3v) is 2.65. The Morgan fingerprint density at radius 1 is 0.714 bits per heavy atom. The number of aliphatic hydroxyl groups is 2. The van der Waals surface area contributed by atoms with Crippen molar-refractivity contribution >= 4 is 0 Å². The van der Waals surface area contributed by atoms with Crippen molar-refractivity contribution in [1.82, 2.24) is 0 Å². The van der Waals surface area contributed by atoms with Gasteiger partial charge >= 0.3 is 0 Å². The summed E-state index contributed by atoms with van der Waals surface area (Å²) in [6.45, 7) is 4.27. The van der Waals surface area contributed by atoms with Crippen LogP contribution in [0.15, 0.2) is 0 Å². The molecule has 0 aliphatic rings. The third-order valence-electron chi connectivity index (χ3n) is 2.65. The molecule has 2 heteroatoms. The average molecular weight is 202 g/mol. The van der Waals surface area contributed by atoms with E-state index in [2.05, 4.69) is 13.8 Å². The summed E-state index contributed by atoms with van der Waals surface area (Å²) in [4.78, 5) is 0. The molecule has 2 nitrogen and oxygen atoms in total. The van der Waals surface area contributed by atoms with Crippen LogP contribution in [0.3, 0.4) is 0 Å². The smallest absolute Gasteiger partial charge is 0.0799 e. The molecule has 0 rings (SSSR count). The normalized spacial score (nSPS) is 15.4. The van der Waals surface area contributed by atoms with E-state index in [1.165, 1.54) is 19.3 Å². The highest BCUT2D eigenvalue weighted by Gasteiger charge is 2.14. The van der Waals surface area contributed by atoms with Gasteiger partial charge in [-0.15, -0.1) is 0 Å². The summed E-state index contributed by atoms with van der Waals surface area (Å²) < 4.78 is 0. The molecule has 0 heterocycles. The van der Waals surface area contributed by atoms with Gasteiger partial charge in [0.05, 0.1) is 12.2 Å². The fourth-order valence-electron chi connectivity index (χ4n) is 1.58. The zero-order valence-electron chi connectivity index (χ0n) is 9.71. The van der Waals surface area contributed by atoms with Crippen LogP contribution in [0.4, 0.5) is 0 Å². The van der Waals surface area contributed by atoms with Gasteiger partial charge in [-0.2, -0.15) is 0 Å². The fourth-order valence-corrected chi connectivity index (χ4v) is 1.58. The van der Waals surface area contributed by atoms with Gasteiger partial charge in [0, 0.05) is 0 Å². The monoisotopic (exact) mass is 202 g/mol. The van der Waals surface area contributed by atoms with Crippen LogP contribution in [0.2, 0.25) is 0 Å². The third kappa shape index (κ3) is 7.34. The molecule has 0 aromatic heterocycles. The number of hydrogen-bond acceptors (Lipinski definition) is 2.